The van der Waals surface area contributed by atoms with Crippen LogP contribution < -0.4 is 5.32 Å². The number of hydrogen-bond acceptors (Lipinski definition) is 4. The number of fused-ring (bicyclic) bond motifs is 1. The summed E-state index contributed by atoms with van der Waals surface area (Å²) in [6.07, 6.45) is 3.21. The Balaban J connectivity index is 1.48. The number of sulfonamides is 1. The molecule has 0 saturated carbocycles. The lowest BCUT2D eigenvalue weighted by molar-refractivity contribution is 0.0931. The number of rotatable bonds is 6. The van der Waals surface area contributed by atoms with Gasteiger partial charge < -0.3 is 14.3 Å². The molecular weight excluding hydrogens is 438 g/mol. The van der Waals surface area contributed by atoms with Crippen LogP contribution in [0.1, 0.15) is 40.7 Å². The Hall–Kier alpha value is -3.36. The van der Waals surface area contributed by atoms with E-state index < -0.39 is 16.1 Å². The maximum absolute atomic E-state index is 13.3. The Kier molecular flexibility index (Phi) is 5.55. The highest BCUT2D eigenvalue weighted by atomic mass is 32.2. The second-order valence-corrected chi connectivity index (χ2v) is 10.2. The number of benzene rings is 2. The monoisotopic (exact) mass is 463 g/mol. The van der Waals surface area contributed by atoms with E-state index in [2.05, 4.69) is 5.32 Å². The van der Waals surface area contributed by atoms with Gasteiger partial charge >= 0.3 is 0 Å². The lowest BCUT2D eigenvalue weighted by Gasteiger charge is -2.17. The summed E-state index contributed by atoms with van der Waals surface area (Å²) < 4.78 is 35.0. The maximum atomic E-state index is 13.3. The number of nitrogens with zero attached hydrogens (tertiary/aromatic N) is 2. The Morgan fingerprint density at radius 1 is 1.00 bits per heavy atom. The predicted molar refractivity (Wildman–Crippen MR) is 125 cm³/mol. The Morgan fingerprint density at radius 2 is 1.70 bits per heavy atom. The van der Waals surface area contributed by atoms with Gasteiger partial charge in [0.05, 0.1) is 0 Å². The zero-order chi connectivity index (χ0) is 23.0. The van der Waals surface area contributed by atoms with Gasteiger partial charge in [-0.3, -0.25) is 4.79 Å². The predicted octanol–water partition coefficient (Wildman–Crippen LogP) is 4.08. The molecule has 170 valence electrons. The Morgan fingerprint density at radius 3 is 2.42 bits per heavy atom. The fourth-order valence-electron chi connectivity index (χ4n) is 4.29. The van der Waals surface area contributed by atoms with Crippen LogP contribution in [0.2, 0.25) is 0 Å². The quantitative estimate of drug-likeness (QED) is 0.467. The molecule has 0 aliphatic carbocycles. The first-order chi connectivity index (χ1) is 15.9. The van der Waals surface area contributed by atoms with Gasteiger partial charge in [-0.15, -0.1) is 0 Å². The van der Waals surface area contributed by atoms with E-state index in [1.54, 1.807) is 11.6 Å². The molecule has 2 aromatic carbocycles. The molecule has 1 aliphatic heterocycles. The molecule has 7 nitrogen and oxygen atoms in total. The van der Waals surface area contributed by atoms with Crippen LogP contribution in [0, 0.1) is 0 Å². The first-order valence-electron chi connectivity index (χ1n) is 10.9. The van der Waals surface area contributed by atoms with Gasteiger partial charge in [0, 0.05) is 31.7 Å². The normalized spacial score (nSPS) is 15.7. The van der Waals surface area contributed by atoms with Crippen molar-refractivity contribution in [3.8, 4) is 0 Å². The van der Waals surface area contributed by atoms with Crippen LogP contribution in [0.4, 0.5) is 0 Å². The van der Waals surface area contributed by atoms with E-state index in [-0.39, 0.29) is 16.5 Å². The minimum absolute atomic E-state index is 0.136. The number of para-hydroxylation sites is 1. The zero-order valence-electron chi connectivity index (χ0n) is 18.3. The molecule has 3 heterocycles. The van der Waals surface area contributed by atoms with E-state index >= 15 is 0 Å². The highest BCUT2D eigenvalue weighted by Gasteiger charge is 2.30. The third kappa shape index (κ3) is 4.07. The van der Waals surface area contributed by atoms with Gasteiger partial charge in [0.15, 0.2) is 0 Å². The topological polar surface area (TPSA) is 84.5 Å². The molecule has 0 spiro atoms. The third-order valence-corrected chi connectivity index (χ3v) is 7.92. The molecule has 0 radical (unpaired) electrons. The molecule has 1 saturated heterocycles. The highest BCUT2D eigenvalue weighted by molar-refractivity contribution is 7.89. The first-order valence-corrected chi connectivity index (χ1v) is 12.4. The lowest BCUT2D eigenvalue weighted by atomic mass is 10.0. The van der Waals surface area contributed by atoms with Crippen molar-refractivity contribution in [3.63, 3.8) is 0 Å². The number of aromatic nitrogens is 1. The minimum atomic E-state index is -3.61. The molecule has 1 unspecified atom stereocenters. The number of nitrogens with one attached hydrogen (secondary N) is 1. The molecule has 1 atom stereocenters. The molecule has 1 amide bonds. The molecule has 1 aliphatic rings. The van der Waals surface area contributed by atoms with Gasteiger partial charge in [-0.05, 0) is 36.6 Å². The summed E-state index contributed by atoms with van der Waals surface area (Å²) in [5.41, 5.74) is 1.87. The molecule has 8 heteroatoms. The van der Waals surface area contributed by atoms with Crippen LogP contribution in [0.5, 0.6) is 0 Å². The summed E-state index contributed by atoms with van der Waals surface area (Å²) in [6.45, 7) is 1.03. The molecule has 2 aromatic heterocycles. The second-order valence-electron chi connectivity index (χ2n) is 8.29. The standard InChI is InChI=1S/C25H25N3O4S/c1-27-17-20(33(30,31)28-13-7-8-14-28)16-21(27)25(29)26-24(18-9-3-2-4-10-18)23-15-19-11-5-6-12-22(19)32-23/h2-6,9-12,15-17,24H,7-8,13-14H2,1H3,(H,26,29). The fourth-order valence-corrected chi connectivity index (χ4v) is 5.88. The molecule has 4 aromatic rings. The van der Waals surface area contributed by atoms with Crippen molar-refractivity contribution in [2.24, 2.45) is 7.05 Å². The average molecular weight is 464 g/mol. The number of furan rings is 1. The molecule has 0 bridgehead atoms. The van der Waals surface area contributed by atoms with Crippen molar-refractivity contribution >= 4 is 26.9 Å². The maximum Gasteiger partial charge on any atom is 0.268 e. The number of hydrogen-bond donors (Lipinski definition) is 1. The van der Waals surface area contributed by atoms with Crippen molar-refractivity contribution < 1.29 is 17.6 Å². The lowest BCUT2D eigenvalue weighted by Crippen LogP contribution is -2.30. The van der Waals surface area contributed by atoms with Crippen LogP contribution in [0.25, 0.3) is 11.0 Å². The van der Waals surface area contributed by atoms with Crippen LogP contribution in [-0.2, 0) is 17.1 Å². The molecule has 5 rings (SSSR count). The van der Waals surface area contributed by atoms with Gasteiger partial charge in [-0.1, -0.05) is 48.5 Å². The molecule has 1 fully saturated rings. The molecule has 33 heavy (non-hydrogen) atoms. The minimum Gasteiger partial charge on any atom is -0.459 e. The van der Waals surface area contributed by atoms with E-state index in [1.165, 1.54) is 16.6 Å². The van der Waals surface area contributed by atoms with E-state index in [1.807, 2.05) is 60.7 Å². The summed E-state index contributed by atoms with van der Waals surface area (Å²) in [7, 11) is -1.93. The average Bonchev–Trinajstić information content (AvgIpc) is 3.57. The highest BCUT2D eigenvalue weighted by Crippen LogP contribution is 2.29. The van der Waals surface area contributed by atoms with Crippen LogP contribution in [0.15, 0.2) is 82.2 Å². The number of carbonyl (C=O) groups excluding carboxylic acids is 1. The van der Waals surface area contributed by atoms with E-state index in [0.717, 1.165) is 29.4 Å². The van der Waals surface area contributed by atoms with Crippen LogP contribution in [0.3, 0.4) is 0 Å². The number of carbonyl (C=O) groups is 1. The van der Waals surface area contributed by atoms with Crippen molar-refractivity contribution in [2.75, 3.05) is 13.1 Å². The summed E-state index contributed by atoms with van der Waals surface area (Å²) in [5, 5.41) is 3.99. The number of aryl methyl sites for hydroxylation is 1. The van der Waals surface area contributed by atoms with Gasteiger partial charge in [0.2, 0.25) is 10.0 Å². The van der Waals surface area contributed by atoms with Gasteiger partial charge in [0.25, 0.3) is 5.91 Å². The Labute approximate surface area is 192 Å². The van der Waals surface area contributed by atoms with Crippen molar-refractivity contribution in [2.45, 2.75) is 23.8 Å². The van der Waals surface area contributed by atoms with Crippen LogP contribution >= 0.6 is 0 Å². The SMILES string of the molecule is Cn1cc(S(=O)(=O)N2CCCC2)cc1C(=O)NC(c1ccccc1)c1cc2ccccc2o1. The largest absolute Gasteiger partial charge is 0.459 e. The van der Waals surface area contributed by atoms with Crippen molar-refractivity contribution in [1.82, 2.24) is 14.2 Å². The van der Waals surface area contributed by atoms with Crippen molar-refractivity contribution in [1.29, 1.82) is 0 Å². The smallest absolute Gasteiger partial charge is 0.268 e. The van der Waals surface area contributed by atoms with Gasteiger partial charge in [-0.2, -0.15) is 4.31 Å². The summed E-state index contributed by atoms with van der Waals surface area (Å²) in [4.78, 5) is 13.5. The third-order valence-electron chi connectivity index (χ3n) is 6.05. The Bertz CT molecular complexity index is 1370. The van der Waals surface area contributed by atoms with E-state index in [0.29, 0.717) is 18.8 Å². The molecular formula is C25H25N3O4S. The fraction of sp³-hybridized carbons (Fsp3) is 0.240. The van der Waals surface area contributed by atoms with Crippen LogP contribution in [-0.4, -0.2) is 36.3 Å². The second kappa shape index (κ2) is 8.53. The summed E-state index contributed by atoms with van der Waals surface area (Å²) >= 11 is 0. The summed E-state index contributed by atoms with van der Waals surface area (Å²) in [5.74, 6) is 0.226. The van der Waals surface area contributed by atoms with Gasteiger partial charge in [-0.25, -0.2) is 8.42 Å². The van der Waals surface area contributed by atoms with Crippen molar-refractivity contribution in [3.05, 3.63) is 89.9 Å². The molecule has 1 N–H and O–H groups in total. The van der Waals surface area contributed by atoms with E-state index in [9.17, 15) is 13.2 Å². The van der Waals surface area contributed by atoms with Gasteiger partial charge in [0.1, 0.15) is 28.0 Å². The summed E-state index contributed by atoms with van der Waals surface area (Å²) in [6, 6.07) is 20.1. The first kappa shape index (κ1) is 21.5. The number of amides is 1. The zero-order valence-corrected chi connectivity index (χ0v) is 19.1. The van der Waals surface area contributed by atoms with E-state index in [4.69, 9.17) is 4.42 Å².